The number of primary amides is 1. The van der Waals surface area contributed by atoms with E-state index in [4.69, 9.17) is 10.9 Å². The van der Waals surface area contributed by atoms with Crippen molar-refractivity contribution in [2.24, 2.45) is 10.9 Å². The summed E-state index contributed by atoms with van der Waals surface area (Å²) in [5, 5.41) is 6.82. The van der Waals surface area contributed by atoms with Crippen molar-refractivity contribution in [3.05, 3.63) is 24.0 Å². The summed E-state index contributed by atoms with van der Waals surface area (Å²) in [4.78, 5) is 10.0. The van der Waals surface area contributed by atoms with Crippen LogP contribution in [-0.2, 0) is 10.0 Å². The maximum Gasteiger partial charge on any atom is 0.316 e. The lowest BCUT2D eigenvalue weighted by Crippen LogP contribution is -2.20. The molecule has 8 heteroatoms. The summed E-state index contributed by atoms with van der Waals surface area (Å²) in [6, 6.07) is 1.73. The molecule has 0 aliphatic carbocycles. The van der Waals surface area contributed by atoms with Crippen LogP contribution >= 0.6 is 0 Å². The van der Waals surface area contributed by atoms with Crippen LogP contribution in [0, 0.1) is 5.82 Å². The van der Waals surface area contributed by atoms with Gasteiger partial charge in [0.1, 0.15) is 5.82 Å². The van der Waals surface area contributed by atoms with Gasteiger partial charge in [-0.3, -0.25) is 0 Å². The van der Waals surface area contributed by atoms with E-state index >= 15 is 0 Å². The van der Waals surface area contributed by atoms with Gasteiger partial charge in [-0.05, 0) is 18.2 Å². The first-order valence-electron chi connectivity index (χ1n) is 3.69. The Morgan fingerprint density at radius 3 is 2.40 bits per heavy atom. The minimum absolute atomic E-state index is 0.0773. The molecule has 0 aliphatic heterocycles. The van der Waals surface area contributed by atoms with Crippen molar-refractivity contribution in [1.82, 2.24) is 0 Å². The van der Waals surface area contributed by atoms with Crippen LogP contribution < -0.4 is 16.2 Å². The van der Waals surface area contributed by atoms with E-state index in [1.54, 1.807) is 0 Å². The van der Waals surface area contributed by atoms with Gasteiger partial charge >= 0.3 is 6.03 Å². The Kier molecular flexibility index (Phi) is 2.91. The van der Waals surface area contributed by atoms with E-state index in [-0.39, 0.29) is 5.69 Å². The summed E-state index contributed by atoms with van der Waals surface area (Å²) in [6.45, 7) is 0. The third kappa shape index (κ3) is 3.18. The molecule has 0 aromatic heterocycles. The van der Waals surface area contributed by atoms with Gasteiger partial charge in [-0.25, -0.2) is 22.7 Å². The van der Waals surface area contributed by atoms with E-state index in [0.717, 1.165) is 18.2 Å². The van der Waals surface area contributed by atoms with Crippen LogP contribution in [0.2, 0.25) is 0 Å². The van der Waals surface area contributed by atoms with Crippen molar-refractivity contribution in [3.63, 3.8) is 0 Å². The van der Waals surface area contributed by atoms with E-state index in [1.165, 1.54) is 0 Å². The van der Waals surface area contributed by atoms with Gasteiger partial charge < -0.3 is 11.1 Å². The minimum Gasteiger partial charge on any atom is -0.351 e. The zero-order chi connectivity index (χ0) is 11.6. The molecule has 0 atom stereocenters. The fraction of sp³-hybridized carbons (Fsp3) is 0. The normalized spacial score (nSPS) is 11.1. The zero-order valence-corrected chi connectivity index (χ0v) is 8.21. The number of carbonyl (C=O) groups excluding carboxylic acids is 1. The van der Waals surface area contributed by atoms with Crippen molar-refractivity contribution in [2.45, 2.75) is 4.90 Å². The first-order valence-corrected chi connectivity index (χ1v) is 5.23. The summed E-state index contributed by atoms with van der Waals surface area (Å²) in [7, 11) is -4.02. The molecule has 15 heavy (non-hydrogen) atoms. The fourth-order valence-electron chi connectivity index (χ4n) is 0.941. The number of benzene rings is 1. The van der Waals surface area contributed by atoms with Crippen molar-refractivity contribution >= 4 is 21.7 Å². The van der Waals surface area contributed by atoms with Crippen LogP contribution in [0.15, 0.2) is 23.1 Å². The Morgan fingerprint density at radius 1 is 1.33 bits per heavy atom. The number of halogens is 1. The fourth-order valence-corrected chi connectivity index (χ4v) is 1.51. The Labute approximate surface area is 85.1 Å². The molecular formula is C7H8FN3O3S. The van der Waals surface area contributed by atoms with Crippen LogP contribution in [0.25, 0.3) is 0 Å². The molecule has 2 amide bonds. The Morgan fingerprint density at radius 2 is 1.93 bits per heavy atom. The largest absolute Gasteiger partial charge is 0.351 e. The van der Waals surface area contributed by atoms with E-state index in [0.29, 0.717) is 0 Å². The van der Waals surface area contributed by atoms with E-state index < -0.39 is 26.8 Å². The van der Waals surface area contributed by atoms with Crippen LogP contribution in [0.4, 0.5) is 14.9 Å². The first kappa shape index (κ1) is 11.4. The molecule has 1 aromatic carbocycles. The number of hydrogen-bond donors (Lipinski definition) is 3. The molecule has 0 bridgehead atoms. The molecule has 1 rings (SSSR count). The Bertz CT molecular complexity index is 500. The molecule has 0 fully saturated rings. The number of sulfonamides is 1. The summed E-state index contributed by atoms with van der Waals surface area (Å²) in [5.74, 6) is -0.842. The van der Waals surface area contributed by atoms with Crippen LogP contribution in [-0.4, -0.2) is 14.4 Å². The molecule has 0 saturated heterocycles. The molecule has 0 saturated carbocycles. The van der Waals surface area contributed by atoms with E-state index in [1.807, 2.05) is 5.32 Å². The molecule has 82 valence electrons. The van der Waals surface area contributed by atoms with Crippen molar-refractivity contribution in [3.8, 4) is 0 Å². The van der Waals surface area contributed by atoms with Gasteiger partial charge in [0.15, 0.2) is 0 Å². The van der Waals surface area contributed by atoms with E-state index in [9.17, 15) is 17.6 Å². The Hall–Kier alpha value is -1.67. The zero-order valence-electron chi connectivity index (χ0n) is 7.40. The number of anilines is 1. The second-order valence-electron chi connectivity index (χ2n) is 2.71. The highest BCUT2D eigenvalue weighted by Gasteiger charge is 2.11. The van der Waals surface area contributed by atoms with Crippen molar-refractivity contribution in [1.29, 1.82) is 0 Å². The number of primary sulfonamides is 1. The second kappa shape index (κ2) is 3.83. The number of carbonyl (C=O) groups is 1. The summed E-state index contributed by atoms with van der Waals surface area (Å²) in [5.41, 5.74) is 4.70. The molecule has 0 unspecified atom stereocenters. The SMILES string of the molecule is NC(=O)Nc1cc(F)cc(S(N)(=O)=O)c1. The van der Waals surface area contributed by atoms with Crippen molar-refractivity contribution in [2.75, 3.05) is 5.32 Å². The molecule has 5 N–H and O–H groups in total. The van der Waals surface area contributed by atoms with Gasteiger partial charge in [0, 0.05) is 5.69 Å². The summed E-state index contributed by atoms with van der Waals surface area (Å²) < 4.78 is 34.7. The number of nitrogens with two attached hydrogens (primary N) is 2. The molecular weight excluding hydrogens is 225 g/mol. The van der Waals surface area contributed by atoms with Crippen LogP contribution in [0.5, 0.6) is 0 Å². The highest BCUT2D eigenvalue weighted by atomic mass is 32.2. The van der Waals surface area contributed by atoms with Gasteiger partial charge in [0.05, 0.1) is 4.90 Å². The molecule has 0 spiro atoms. The predicted octanol–water partition coefficient (Wildman–Crippen LogP) is -0.0363. The molecule has 1 aromatic rings. The molecule has 6 nitrogen and oxygen atoms in total. The number of hydrogen-bond acceptors (Lipinski definition) is 3. The highest BCUT2D eigenvalue weighted by molar-refractivity contribution is 7.89. The third-order valence-electron chi connectivity index (χ3n) is 1.47. The van der Waals surface area contributed by atoms with Gasteiger partial charge in [0.2, 0.25) is 10.0 Å². The Balaban J connectivity index is 3.23. The van der Waals surface area contributed by atoms with Gasteiger partial charge in [-0.15, -0.1) is 0 Å². The monoisotopic (exact) mass is 233 g/mol. The summed E-state index contributed by atoms with van der Waals surface area (Å²) >= 11 is 0. The maximum absolute atomic E-state index is 12.9. The van der Waals surface area contributed by atoms with Crippen LogP contribution in [0.1, 0.15) is 0 Å². The van der Waals surface area contributed by atoms with Gasteiger partial charge in [-0.2, -0.15) is 0 Å². The number of nitrogens with one attached hydrogen (secondary N) is 1. The quantitative estimate of drug-likeness (QED) is 0.665. The smallest absolute Gasteiger partial charge is 0.316 e. The predicted molar refractivity (Wildman–Crippen MR) is 51.0 cm³/mol. The number of urea groups is 1. The van der Waals surface area contributed by atoms with Crippen molar-refractivity contribution < 1.29 is 17.6 Å². The lowest BCUT2D eigenvalue weighted by molar-refractivity contribution is 0.259. The lowest BCUT2D eigenvalue weighted by Gasteiger charge is -2.04. The number of rotatable bonds is 2. The summed E-state index contributed by atoms with van der Waals surface area (Å²) in [6.07, 6.45) is 0. The maximum atomic E-state index is 12.9. The average Bonchev–Trinajstić information content (AvgIpc) is 1.99. The molecule has 0 radical (unpaired) electrons. The molecule has 0 aliphatic rings. The topological polar surface area (TPSA) is 115 Å². The third-order valence-corrected chi connectivity index (χ3v) is 2.36. The standard InChI is InChI=1S/C7H8FN3O3S/c8-4-1-5(11-7(9)12)3-6(2-4)15(10,13)14/h1-3H,(H3,9,11,12)(H2,10,13,14). The van der Waals surface area contributed by atoms with E-state index in [2.05, 4.69) is 0 Å². The van der Waals surface area contributed by atoms with Gasteiger partial charge in [-0.1, -0.05) is 0 Å². The number of amides is 2. The second-order valence-corrected chi connectivity index (χ2v) is 4.27. The minimum atomic E-state index is -4.02. The van der Waals surface area contributed by atoms with Crippen LogP contribution in [0.3, 0.4) is 0 Å². The lowest BCUT2D eigenvalue weighted by atomic mass is 10.3. The first-order chi connectivity index (χ1) is 6.79. The molecule has 0 heterocycles. The highest BCUT2D eigenvalue weighted by Crippen LogP contribution is 2.16. The average molecular weight is 233 g/mol. The van der Waals surface area contributed by atoms with Gasteiger partial charge in [0.25, 0.3) is 0 Å².